The maximum atomic E-state index is 11.9. The Kier molecular flexibility index (Phi) is 5.94. The lowest BCUT2D eigenvalue weighted by atomic mass is 10.3. The zero-order valence-electron chi connectivity index (χ0n) is 13.8. The van der Waals surface area contributed by atoms with Gasteiger partial charge in [0.05, 0.1) is 37.4 Å². The van der Waals surface area contributed by atoms with Gasteiger partial charge in [0.2, 0.25) is 0 Å². The van der Waals surface area contributed by atoms with E-state index in [0.29, 0.717) is 25.4 Å². The summed E-state index contributed by atoms with van der Waals surface area (Å²) in [7, 11) is 0. The van der Waals surface area contributed by atoms with E-state index >= 15 is 0 Å². The van der Waals surface area contributed by atoms with Gasteiger partial charge in [-0.2, -0.15) is 15.0 Å². The molecule has 25 heavy (non-hydrogen) atoms. The molecule has 2 amide bonds. The number of aliphatic hydroxyl groups is 1. The number of β-amino-alcohol motifs (C(OH)–C–C–N with tert-alkyl or cyclic N) is 1. The molecule has 0 spiro atoms. The fourth-order valence-corrected chi connectivity index (χ4v) is 2.56. The molecule has 1 saturated heterocycles. The normalized spacial score (nSPS) is 16.4. The van der Waals surface area contributed by atoms with Crippen molar-refractivity contribution in [3.05, 3.63) is 36.7 Å². The number of aliphatic hydroxyl groups excluding tert-OH is 1. The molecular formula is C16H22N6O3. The summed E-state index contributed by atoms with van der Waals surface area (Å²) in [5.41, 5.74) is 1.45. The zero-order chi connectivity index (χ0) is 17.5. The van der Waals surface area contributed by atoms with E-state index in [4.69, 9.17) is 4.74 Å². The predicted molar refractivity (Wildman–Crippen MR) is 91.6 cm³/mol. The monoisotopic (exact) mass is 346 g/mol. The number of ether oxygens (including phenoxy) is 1. The molecule has 1 aromatic carbocycles. The van der Waals surface area contributed by atoms with E-state index in [1.165, 1.54) is 4.80 Å². The molecule has 9 heteroatoms. The Morgan fingerprint density at radius 3 is 2.56 bits per heavy atom. The molecule has 134 valence electrons. The fourth-order valence-electron chi connectivity index (χ4n) is 2.56. The molecule has 2 aromatic rings. The van der Waals surface area contributed by atoms with Crippen LogP contribution in [-0.2, 0) is 4.74 Å². The summed E-state index contributed by atoms with van der Waals surface area (Å²) in [6, 6.07) is 6.79. The van der Waals surface area contributed by atoms with Crippen molar-refractivity contribution in [2.24, 2.45) is 0 Å². The van der Waals surface area contributed by atoms with E-state index in [0.717, 1.165) is 18.8 Å². The molecule has 0 bridgehead atoms. The standard InChI is InChI=1S/C16H22N6O3/c23-15(12-21-7-9-25-10-8-21)11-17-16(24)20-13-1-3-14(4-2-13)22-18-5-6-19-22/h1-6,15,23H,7-12H2,(H2,17,20,24)/t15-/m0/s1. The highest BCUT2D eigenvalue weighted by atomic mass is 16.5. The maximum Gasteiger partial charge on any atom is 0.319 e. The second-order valence-corrected chi connectivity index (χ2v) is 5.77. The average molecular weight is 346 g/mol. The topological polar surface area (TPSA) is 105 Å². The maximum absolute atomic E-state index is 11.9. The van der Waals surface area contributed by atoms with Crippen LogP contribution in [0.5, 0.6) is 0 Å². The van der Waals surface area contributed by atoms with Gasteiger partial charge in [0.25, 0.3) is 0 Å². The lowest BCUT2D eigenvalue weighted by Gasteiger charge is -2.28. The van der Waals surface area contributed by atoms with Crippen LogP contribution in [0.1, 0.15) is 0 Å². The van der Waals surface area contributed by atoms with Crippen LogP contribution in [-0.4, -0.2) is 76.5 Å². The number of nitrogens with one attached hydrogen (secondary N) is 2. The first-order valence-electron chi connectivity index (χ1n) is 8.20. The highest BCUT2D eigenvalue weighted by molar-refractivity contribution is 5.89. The molecule has 0 saturated carbocycles. The van der Waals surface area contributed by atoms with Gasteiger partial charge in [-0.1, -0.05) is 0 Å². The van der Waals surface area contributed by atoms with E-state index in [1.54, 1.807) is 24.5 Å². The number of carbonyl (C=O) groups excluding carboxylic acids is 1. The molecule has 1 fully saturated rings. The lowest BCUT2D eigenvalue weighted by Crippen LogP contribution is -2.45. The van der Waals surface area contributed by atoms with Crippen molar-refractivity contribution in [2.45, 2.75) is 6.10 Å². The third-order valence-electron chi connectivity index (χ3n) is 3.85. The van der Waals surface area contributed by atoms with Crippen LogP contribution in [0.4, 0.5) is 10.5 Å². The average Bonchev–Trinajstić information content (AvgIpc) is 3.16. The summed E-state index contributed by atoms with van der Waals surface area (Å²) in [4.78, 5) is 15.5. The molecule has 0 unspecified atom stereocenters. The molecule has 3 rings (SSSR count). The minimum absolute atomic E-state index is 0.193. The number of urea groups is 1. The van der Waals surface area contributed by atoms with Gasteiger partial charge in [-0.3, -0.25) is 4.90 Å². The molecule has 1 atom stereocenters. The molecule has 2 heterocycles. The van der Waals surface area contributed by atoms with Crippen LogP contribution in [0.3, 0.4) is 0 Å². The highest BCUT2D eigenvalue weighted by Gasteiger charge is 2.15. The van der Waals surface area contributed by atoms with Crippen LogP contribution >= 0.6 is 0 Å². The number of aromatic nitrogens is 3. The van der Waals surface area contributed by atoms with E-state index in [9.17, 15) is 9.90 Å². The summed E-state index contributed by atoms with van der Waals surface area (Å²) in [5.74, 6) is 0. The fraction of sp³-hybridized carbons (Fsp3) is 0.438. The van der Waals surface area contributed by atoms with Crippen molar-refractivity contribution >= 4 is 11.7 Å². The molecule has 0 aliphatic carbocycles. The van der Waals surface area contributed by atoms with Crippen LogP contribution < -0.4 is 10.6 Å². The summed E-state index contributed by atoms with van der Waals surface area (Å²) >= 11 is 0. The van der Waals surface area contributed by atoms with E-state index in [1.807, 2.05) is 12.1 Å². The summed E-state index contributed by atoms with van der Waals surface area (Å²) in [6.45, 7) is 3.70. The van der Waals surface area contributed by atoms with Crippen LogP contribution in [0, 0.1) is 0 Å². The largest absolute Gasteiger partial charge is 0.390 e. The van der Waals surface area contributed by atoms with Crippen LogP contribution in [0.25, 0.3) is 5.69 Å². The number of anilines is 1. The molecule has 9 nitrogen and oxygen atoms in total. The third-order valence-corrected chi connectivity index (χ3v) is 3.85. The smallest absolute Gasteiger partial charge is 0.319 e. The van der Waals surface area contributed by atoms with Crippen LogP contribution in [0.15, 0.2) is 36.7 Å². The summed E-state index contributed by atoms with van der Waals surface area (Å²) in [5, 5.41) is 23.5. The van der Waals surface area contributed by atoms with Gasteiger partial charge in [0, 0.05) is 31.9 Å². The van der Waals surface area contributed by atoms with E-state index in [2.05, 4.69) is 25.7 Å². The quantitative estimate of drug-likeness (QED) is 0.684. The first-order chi connectivity index (χ1) is 12.2. The van der Waals surface area contributed by atoms with E-state index in [-0.39, 0.29) is 12.6 Å². The van der Waals surface area contributed by atoms with Crippen molar-refractivity contribution in [1.82, 2.24) is 25.2 Å². The molecular weight excluding hydrogens is 324 g/mol. The first-order valence-corrected chi connectivity index (χ1v) is 8.20. The minimum Gasteiger partial charge on any atom is -0.390 e. The minimum atomic E-state index is -0.614. The number of rotatable bonds is 6. The van der Waals surface area contributed by atoms with Crippen LogP contribution in [0.2, 0.25) is 0 Å². The Hall–Kier alpha value is -2.49. The lowest BCUT2D eigenvalue weighted by molar-refractivity contribution is 0.0154. The molecule has 0 radical (unpaired) electrons. The second kappa shape index (κ2) is 8.56. The van der Waals surface area contributed by atoms with Crippen molar-refractivity contribution in [3.63, 3.8) is 0 Å². The van der Waals surface area contributed by atoms with Gasteiger partial charge in [-0.25, -0.2) is 4.79 Å². The van der Waals surface area contributed by atoms with Gasteiger partial charge in [0.1, 0.15) is 0 Å². The Balaban J connectivity index is 1.41. The number of morpholine rings is 1. The molecule has 3 N–H and O–H groups in total. The van der Waals surface area contributed by atoms with Crippen molar-refractivity contribution < 1.29 is 14.6 Å². The molecule has 1 aliphatic heterocycles. The number of benzene rings is 1. The van der Waals surface area contributed by atoms with Gasteiger partial charge < -0.3 is 20.5 Å². The third kappa shape index (κ3) is 5.24. The molecule has 1 aliphatic rings. The Bertz CT molecular complexity index is 655. The number of hydrogen-bond donors (Lipinski definition) is 3. The van der Waals surface area contributed by atoms with Gasteiger partial charge >= 0.3 is 6.03 Å². The predicted octanol–water partition coefficient (Wildman–Crippen LogP) is 0.0819. The SMILES string of the molecule is O=C(NC[C@H](O)CN1CCOCC1)Nc1ccc(-n2nccn2)cc1. The number of hydrogen-bond acceptors (Lipinski definition) is 6. The zero-order valence-corrected chi connectivity index (χ0v) is 13.8. The van der Waals surface area contributed by atoms with Gasteiger partial charge in [-0.05, 0) is 24.3 Å². The van der Waals surface area contributed by atoms with Crippen molar-refractivity contribution in [1.29, 1.82) is 0 Å². The van der Waals surface area contributed by atoms with Crippen molar-refractivity contribution in [2.75, 3.05) is 44.7 Å². The Morgan fingerprint density at radius 1 is 1.20 bits per heavy atom. The Morgan fingerprint density at radius 2 is 1.88 bits per heavy atom. The highest BCUT2D eigenvalue weighted by Crippen LogP contribution is 2.11. The summed E-state index contributed by atoms with van der Waals surface area (Å²) in [6.07, 6.45) is 2.58. The van der Waals surface area contributed by atoms with Crippen molar-refractivity contribution in [3.8, 4) is 5.69 Å². The van der Waals surface area contributed by atoms with Gasteiger partial charge in [-0.15, -0.1) is 0 Å². The summed E-state index contributed by atoms with van der Waals surface area (Å²) < 4.78 is 5.27. The number of nitrogens with zero attached hydrogens (tertiary/aromatic N) is 4. The van der Waals surface area contributed by atoms with E-state index < -0.39 is 6.10 Å². The first kappa shape index (κ1) is 17.3. The Labute approximate surface area is 145 Å². The second-order valence-electron chi connectivity index (χ2n) is 5.77. The molecule has 1 aromatic heterocycles. The van der Waals surface area contributed by atoms with Gasteiger partial charge in [0.15, 0.2) is 0 Å². The number of carbonyl (C=O) groups is 1. The number of amides is 2.